The highest BCUT2D eigenvalue weighted by molar-refractivity contribution is 5.98. The number of hydrogen-bond donors (Lipinski definition) is 2. The maximum absolute atomic E-state index is 11.8. The first-order chi connectivity index (χ1) is 8.99. The Bertz CT molecular complexity index is 626. The van der Waals surface area contributed by atoms with E-state index < -0.39 is 0 Å². The number of aryl methyl sites for hydroxylation is 1. The van der Waals surface area contributed by atoms with E-state index in [1.165, 1.54) is 11.8 Å². The summed E-state index contributed by atoms with van der Waals surface area (Å²) in [5.74, 6) is 0.474. The van der Waals surface area contributed by atoms with E-state index in [0.717, 1.165) is 5.69 Å². The van der Waals surface area contributed by atoms with Crippen LogP contribution in [0, 0.1) is 6.92 Å². The Morgan fingerprint density at radius 2 is 2.00 bits per heavy atom. The van der Waals surface area contributed by atoms with Crippen LogP contribution in [0.25, 0.3) is 0 Å². The second-order valence-corrected chi connectivity index (χ2v) is 4.15. The molecule has 0 bridgehead atoms. The summed E-state index contributed by atoms with van der Waals surface area (Å²) in [5, 5.41) is 0. The monoisotopic (exact) mass is 257 g/mol. The fourth-order valence-corrected chi connectivity index (χ4v) is 1.74. The first kappa shape index (κ1) is 12.8. The van der Waals surface area contributed by atoms with Gasteiger partial charge in [0.15, 0.2) is 0 Å². The van der Waals surface area contributed by atoms with Crippen LogP contribution in [0.15, 0.2) is 30.5 Å². The standard InChI is InChI=1S/C13H15N5O/c1-8-7-10(5-6-16-8)18(9(2)19)12-4-3-11(14)13(15)17-12/h3-7H,14H2,1-2H3,(H2,15,17). The van der Waals surface area contributed by atoms with Gasteiger partial charge in [-0.15, -0.1) is 0 Å². The van der Waals surface area contributed by atoms with Crippen molar-refractivity contribution in [3.8, 4) is 0 Å². The Morgan fingerprint density at radius 1 is 1.26 bits per heavy atom. The molecule has 19 heavy (non-hydrogen) atoms. The molecule has 0 aromatic carbocycles. The number of nitrogens with two attached hydrogens (primary N) is 2. The van der Waals surface area contributed by atoms with Crippen molar-refractivity contribution in [3.05, 3.63) is 36.2 Å². The van der Waals surface area contributed by atoms with Crippen molar-refractivity contribution in [1.82, 2.24) is 9.97 Å². The highest BCUT2D eigenvalue weighted by Crippen LogP contribution is 2.26. The van der Waals surface area contributed by atoms with Gasteiger partial charge < -0.3 is 11.5 Å². The van der Waals surface area contributed by atoms with Crippen LogP contribution >= 0.6 is 0 Å². The summed E-state index contributed by atoms with van der Waals surface area (Å²) in [6, 6.07) is 6.82. The van der Waals surface area contributed by atoms with Gasteiger partial charge in [0.25, 0.3) is 0 Å². The Kier molecular flexibility index (Phi) is 3.33. The van der Waals surface area contributed by atoms with E-state index in [2.05, 4.69) is 9.97 Å². The number of hydrogen-bond acceptors (Lipinski definition) is 5. The quantitative estimate of drug-likeness (QED) is 0.852. The second kappa shape index (κ2) is 4.93. The summed E-state index contributed by atoms with van der Waals surface area (Å²) in [5.41, 5.74) is 13.2. The van der Waals surface area contributed by atoms with Gasteiger partial charge in [-0.3, -0.25) is 14.7 Å². The number of anilines is 4. The van der Waals surface area contributed by atoms with Crippen molar-refractivity contribution < 1.29 is 4.79 Å². The smallest absolute Gasteiger partial charge is 0.229 e. The van der Waals surface area contributed by atoms with Gasteiger partial charge in [-0.1, -0.05) is 0 Å². The average molecular weight is 257 g/mol. The molecule has 0 aliphatic heterocycles. The molecule has 0 fully saturated rings. The predicted molar refractivity (Wildman–Crippen MR) is 74.9 cm³/mol. The molecular weight excluding hydrogens is 242 g/mol. The zero-order valence-electron chi connectivity index (χ0n) is 10.8. The van der Waals surface area contributed by atoms with E-state index in [4.69, 9.17) is 11.5 Å². The molecule has 0 spiro atoms. The molecule has 0 unspecified atom stereocenters. The van der Waals surface area contributed by atoms with E-state index in [1.807, 2.05) is 6.92 Å². The maximum Gasteiger partial charge on any atom is 0.229 e. The van der Waals surface area contributed by atoms with E-state index in [9.17, 15) is 4.79 Å². The number of amides is 1. The summed E-state index contributed by atoms with van der Waals surface area (Å²) >= 11 is 0. The minimum atomic E-state index is -0.165. The van der Waals surface area contributed by atoms with Crippen LogP contribution in [0.4, 0.5) is 23.0 Å². The number of nitrogen functional groups attached to an aromatic ring is 2. The van der Waals surface area contributed by atoms with Crippen LogP contribution in [0.5, 0.6) is 0 Å². The first-order valence-electron chi connectivity index (χ1n) is 5.74. The van der Waals surface area contributed by atoms with Crippen LogP contribution in [-0.2, 0) is 4.79 Å². The lowest BCUT2D eigenvalue weighted by molar-refractivity contribution is -0.115. The largest absolute Gasteiger partial charge is 0.396 e. The third-order valence-electron chi connectivity index (χ3n) is 2.63. The first-order valence-corrected chi connectivity index (χ1v) is 5.74. The van der Waals surface area contributed by atoms with Gasteiger partial charge in [0, 0.05) is 18.8 Å². The fourth-order valence-electron chi connectivity index (χ4n) is 1.74. The molecule has 0 atom stereocenters. The number of pyridine rings is 2. The highest BCUT2D eigenvalue weighted by Gasteiger charge is 2.16. The Balaban J connectivity index is 2.51. The van der Waals surface area contributed by atoms with Crippen molar-refractivity contribution in [2.24, 2.45) is 0 Å². The molecule has 0 saturated carbocycles. The third-order valence-corrected chi connectivity index (χ3v) is 2.63. The molecule has 6 nitrogen and oxygen atoms in total. The topological polar surface area (TPSA) is 98.1 Å². The number of nitrogens with zero attached hydrogens (tertiary/aromatic N) is 3. The number of aromatic nitrogens is 2. The van der Waals surface area contributed by atoms with Crippen molar-refractivity contribution in [2.75, 3.05) is 16.4 Å². The molecule has 4 N–H and O–H groups in total. The van der Waals surface area contributed by atoms with Gasteiger partial charge in [-0.05, 0) is 31.2 Å². The molecule has 6 heteroatoms. The average Bonchev–Trinajstić information content (AvgIpc) is 2.33. The van der Waals surface area contributed by atoms with Crippen molar-refractivity contribution in [3.63, 3.8) is 0 Å². The van der Waals surface area contributed by atoms with E-state index in [0.29, 0.717) is 17.2 Å². The number of carbonyl (C=O) groups excluding carboxylic acids is 1. The molecule has 0 aliphatic rings. The normalized spacial score (nSPS) is 10.2. The van der Waals surface area contributed by atoms with E-state index >= 15 is 0 Å². The van der Waals surface area contributed by atoms with Crippen LogP contribution in [-0.4, -0.2) is 15.9 Å². The second-order valence-electron chi connectivity index (χ2n) is 4.15. The lowest BCUT2D eigenvalue weighted by Crippen LogP contribution is -2.24. The van der Waals surface area contributed by atoms with Gasteiger partial charge in [0.1, 0.15) is 11.6 Å². The van der Waals surface area contributed by atoms with Crippen molar-refractivity contribution in [1.29, 1.82) is 0 Å². The summed E-state index contributed by atoms with van der Waals surface area (Å²) in [6.45, 7) is 3.32. The molecular formula is C13H15N5O. The lowest BCUT2D eigenvalue weighted by Gasteiger charge is -2.20. The van der Waals surface area contributed by atoms with Gasteiger partial charge in [0.05, 0.1) is 11.4 Å². The van der Waals surface area contributed by atoms with E-state index in [-0.39, 0.29) is 11.7 Å². The predicted octanol–water partition coefficient (Wildman–Crippen LogP) is 1.63. The Labute approximate surface area is 111 Å². The zero-order valence-corrected chi connectivity index (χ0v) is 10.8. The molecule has 0 aliphatic carbocycles. The molecule has 0 radical (unpaired) electrons. The van der Waals surface area contributed by atoms with Gasteiger partial charge in [0.2, 0.25) is 5.91 Å². The zero-order chi connectivity index (χ0) is 14.0. The molecule has 0 saturated heterocycles. The fraction of sp³-hybridized carbons (Fsp3) is 0.154. The van der Waals surface area contributed by atoms with Gasteiger partial charge in [-0.2, -0.15) is 0 Å². The van der Waals surface area contributed by atoms with Crippen LogP contribution in [0.3, 0.4) is 0 Å². The van der Waals surface area contributed by atoms with Crippen LogP contribution < -0.4 is 16.4 Å². The van der Waals surface area contributed by atoms with Crippen molar-refractivity contribution in [2.45, 2.75) is 13.8 Å². The SMILES string of the molecule is CC(=O)N(c1ccnc(C)c1)c1ccc(N)c(N)n1. The highest BCUT2D eigenvalue weighted by atomic mass is 16.2. The van der Waals surface area contributed by atoms with Gasteiger partial charge in [-0.25, -0.2) is 4.98 Å². The minimum Gasteiger partial charge on any atom is -0.396 e. The molecule has 2 aromatic heterocycles. The molecule has 2 heterocycles. The molecule has 98 valence electrons. The van der Waals surface area contributed by atoms with Crippen LogP contribution in [0.1, 0.15) is 12.6 Å². The Morgan fingerprint density at radius 3 is 2.58 bits per heavy atom. The summed E-state index contributed by atoms with van der Waals surface area (Å²) in [7, 11) is 0. The molecule has 1 amide bonds. The summed E-state index contributed by atoms with van der Waals surface area (Å²) < 4.78 is 0. The summed E-state index contributed by atoms with van der Waals surface area (Å²) in [6.07, 6.45) is 1.64. The Hall–Kier alpha value is -2.63. The van der Waals surface area contributed by atoms with Crippen LogP contribution in [0.2, 0.25) is 0 Å². The number of rotatable bonds is 2. The summed E-state index contributed by atoms with van der Waals surface area (Å²) in [4.78, 5) is 21.6. The van der Waals surface area contributed by atoms with Crippen molar-refractivity contribution >= 4 is 28.9 Å². The molecule has 2 rings (SSSR count). The van der Waals surface area contributed by atoms with Gasteiger partial charge >= 0.3 is 0 Å². The third kappa shape index (κ3) is 2.62. The van der Waals surface area contributed by atoms with E-state index in [1.54, 1.807) is 30.5 Å². The number of carbonyl (C=O) groups is 1. The molecule has 2 aromatic rings. The lowest BCUT2D eigenvalue weighted by atomic mass is 10.2. The minimum absolute atomic E-state index is 0.165. The maximum atomic E-state index is 11.8.